The molecule has 1 unspecified atom stereocenters. The van der Waals surface area contributed by atoms with E-state index in [9.17, 15) is 14.4 Å². The molecule has 3 aliphatic rings. The fraction of sp³-hybridized carbons (Fsp3) is 0.459. The van der Waals surface area contributed by atoms with Crippen LogP contribution in [0, 0.1) is 0 Å². The number of rotatable bonds is 9. The first-order chi connectivity index (χ1) is 23.7. The second kappa shape index (κ2) is 13.9. The number of imide groups is 1. The zero-order chi connectivity index (χ0) is 34.1. The SMILES string of the molecule is CN(C)C(=O)c1cc2cnc(Nc3ccc(N4CCC(N(C)Cc5ccccc5C5CCC(=O)NC5=O)CC4)cn3)nc2n1C1CCCC1. The third-order valence-electron chi connectivity index (χ3n) is 10.4. The van der Waals surface area contributed by atoms with Gasteiger partial charge in [0, 0.05) is 63.8 Å². The number of amides is 3. The van der Waals surface area contributed by atoms with Crippen molar-refractivity contribution in [3.63, 3.8) is 0 Å². The Hall–Kier alpha value is -4.84. The predicted octanol–water partition coefficient (Wildman–Crippen LogP) is 5.01. The monoisotopic (exact) mass is 663 g/mol. The van der Waals surface area contributed by atoms with Crippen LogP contribution < -0.4 is 15.5 Å². The highest BCUT2D eigenvalue weighted by Crippen LogP contribution is 2.35. The van der Waals surface area contributed by atoms with E-state index in [2.05, 4.69) is 49.2 Å². The first-order valence-corrected chi connectivity index (χ1v) is 17.4. The maximum atomic E-state index is 13.0. The molecule has 2 N–H and O–H groups in total. The quantitative estimate of drug-likeness (QED) is 0.238. The number of carbonyl (C=O) groups excluding carboxylic acids is 3. The van der Waals surface area contributed by atoms with Crippen molar-refractivity contribution in [3.8, 4) is 0 Å². The van der Waals surface area contributed by atoms with Gasteiger partial charge in [0.15, 0.2) is 0 Å². The van der Waals surface area contributed by atoms with Gasteiger partial charge < -0.3 is 19.7 Å². The summed E-state index contributed by atoms with van der Waals surface area (Å²) in [6.45, 7) is 2.60. The Bertz CT molecular complexity index is 1840. The van der Waals surface area contributed by atoms with Gasteiger partial charge in [-0.15, -0.1) is 0 Å². The fourth-order valence-electron chi connectivity index (χ4n) is 7.73. The zero-order valence-corrected chi connectivity index (χ0v) is 28.6. The highest BCUT2D eigenvalue weighted by atomic mass is 16.2. The number of hydrogen-bond donors (Lipinski definition) is 2. The molecule has 12 nitrogen and oxygen atoms in total. The number of hydrogen-bond acceptors (Lipinski definition) is 9. The summed E-state index contributed by atoms with van der Waals surface area (Å²) in [7, 11) is 5.72. The summed E-state index contributed by atoms with van der Waals surface area (Å²) in [6, 6.07) is 14.8. The maximum absolute atomic E-state index is 13.0. The van der Waals surface area contributed by atoms with Crippen molar-refractivity contribution in [2.75, 3.05) is 44.4 Å². The number of piperidine rings is 2. The number of nitrogens with one attached hydrogen (secondary N) is 2. The summed E-state index contributed by atoms with van der Waals surface area (Å²) < 4.78 is 2.12. The average molecular weight is 664 g/mol. The first kappa shape index (κ1) is 32.7. The standard InChI is InChI=1S/C37H45N9O3/c1-43(2)36(49)31-20-25-21-39-37(42-34(25)46(31)27-9-5-6-10-27)40-32-14-12-28(22-38-32)45-18-16-26(17-19-45)44(3)23-24-8-4-7-11-29(24)30-13-15-33(47)41-35(30)48/h4,7-8,11-12,14,20-22,26-27,30H,5-6,9-10,13,15-19,23H2,1-3H3,(H,41,47,48)(H,38,39,40,42). The van der Waals surface area contributed by atoms with Crippen LogP contribution in [0.4, 0.5) is 17.5 Å². The van der Waals surface area contributed by atoms with E-state index >= 15 is 0 Å². The molecule has 4 aromatic rings. The van der Waals surface area contributed by atoms with Crippen molar-refractivity contribution in [1.29, 1.82) is 0 Å². The fourth-order valence-corrected chi connectivity index (χ4v) is 7.73. The molecule has 1 aromatic carbocycles. The van der Waals surface area contributed by atoms with E-state index in [-0.39, 0.29) is 29.7 Å². The van der Waals surface area contributed by atoms with E-state index in [0.717, 1.165) is 86.0 Å². The van der Waals surface area contributed by atoms with E-state index in [0.29, 0.717) is 36.3 Å². The molecule has 1 saturated carbocycles. The lowest BCUT2D eigenvalue weighted by Crippen LogP contribution is -2.43. The Labute approximate surface area is 286 Å². The van der Waals surface area contributed by atoms with E-state index in [1.165, 1.54) is 0 Å². The van der Waals surface area contributed by atoms with Crippen LogP contribution in [0.3, 0.4) is 0 Å². The highest BCUT2D eigenvalue weighted by Gasteiger charge is 2.31. The molecule has 256 valence electrons. The molecule has 12 heteroatoms. The van der Waals surface area contributed by atoms with Crippen molar-refractivity contribution in [2.24, 2.45) is 0 Å². The van der Waals surface area contributed by atoms with Gasteiger partial charge in [-0.2, -0.15) is 4.98 Å². The molecule has 0 bridgehead atoms. The van der Waals surface area contributed by atoms with Crippen molar-refractivity contribution >= 4 is 46.2 Å². The molecule has 2 aliphatic heterocycles. The second-order valence-corrected chi connectivity index (χ2v) is 13.9. The third-order valence-corrected chi connectivity index (χ3v) is 10.4. The van der Waals surface area contributed by atoms with E-state index in [1.807, 2.05) is 36.5 Å². The Balaban J connectivity index is 0.978. The smallest absolute Gasteiger partial charge is 0.270 e. The third kappa shape index (κ3) is 6.87. The second-order valence-electron chi connectivity index (χ2n) is 13.9. The van der Waals surface area contributed by atoms with E-state index in [1.54, 1.807) is 25.2 Å². The van der Waals surface area contributed by atoms with Crippen LogP contribution in [0.15, 0.2) is 54.9 Å². The Kier molecular flexibility index (Phi) is 9.31. The van der Waals surface area contributed by atoms with Crippen LogP contribution >= 0.6 is 0 Å². The van der Waals surface area contributed by atoms with Gasteiger partial charge in [-0.1, -0.05) is 37.1 Å². The van der Waals surface area contributed by atoms with Crippen LogP contribution in [-0.2, 0) is 16.1 Å². The number of carbonyl (C=O) groups is 3. The first-order valence-electron chi connectivity index (χ1n) is 17.4. The largest absolute Gasteiger partial charge is 0.370 e. The van der Waals surface area contributed by atoms with Gasteiger partial charge in [-0.25, -0.2) is 9.97 Å². The Morgan fingerprint density at radius 1 is 0.959 bits per heavy atom. The van der Waals surface area contributed by atoms with Crippen LogP contribution in [0.25, 0.3) is 11.0 Å². The molecule has 2 saturated heterocycles. The van der Waals surface area contributed by atoms with E-state index < -0.39 is 0 Å². The minimum atomic E-state index is -0.279. The Morgan fingerprint density at radius 3 is 2.45 bits per heavy atom. The molecule has 0 radical (unpaired) electrons. The molecule has 1 atom stereocenters. The summed E-state index contributed by atoms with van der Waals surface area (Å²) in [4.78, 5) is 57.8. The van der Waals surface area contributed by atoms with Gasteiger partial charge in [0.2, 0.25) is 17.8 Å². The van der Waals surface area contributed by atoms with Crippen molar-refractivity contribution in [3.05, 3.63) is 71.7 Å². The molecular formula is C37H45N9O3. The molecular weight excluding hydrogens is 618 g/mol. The van der Waals surface area contributed by atoms with Gasteiger partial charge in [-0.05, 0) is 68.5 Å². The molecule has 5 heterocycles. The molecule has 3 aromatic heterocycles. The predicted molar refractivity (Wildman–Crippen MR) is 189 cm³/mol. The summed E-state index contributed by atoms with van der Waals surface area (Å²) in [5.74, 6) is 0.438. The lowest BCUT2D eigenvalue weighted by atomic mass is 9.87. The van der Waals surface area contributed by atoms with Crippen molar-refractivity contribution in [1.82, 2.24) is 34.6 Å². The number of aromatic nitrogens is 4. The summed E-state index contributed by atoms with van der Waals surface area (Å²) in [5.41, 5.74) is 4.68. The van der Waals surface area contributed by atoms with Gasteiger partial charge in [-0.3, -0.25) is 24.6 Å². The van der Waals surface area contributed by atoms with Gasteiger partial charge >= 0.3 is 0 Å². The average Bonchev–Trinajstić information content (AvgIpc) is 3.77. The number of fused-ring (bicyclic) bond motifs is 1. The zero-order valence-electron chi connectivity index (χ0n) is 28.6. The Morgan fingerprint density at radius 2 is 1.73 bits per heavy atom. The normalized spacial score (nSPS) is 19.1. The highest BCUT2D eigenvalue weighted by molar-refractivity contribution is 6.01. The van der Waals surface area contributed by atoms with Crippen molar-refractivity contribution < 1.29 is 14.4 Å². The number of anilines is 3. The van der Waals surface area contributed by atoms with Gasteiger partial charge in [0.1, 0.15) is 17.2 Å². The minimum absolute atomic E-state index is 0.0255. The lowest BCUT2D eigenvalue weighted by molar-refractivity contribution is -0.134. The number of nitrogens with zero attached hydrogens (tertiary/aromatic N) is 7. The summed E-state index contributed by atoms with van der Waals surface area (Å²) in [5, 5.41) is 6.64. The van der Waals surface area contributed by atoms with E-state index in [4.69, 9.17) is 9.97 Å². The maximum Gasteiger partial charge on any atom is 0.270 e. The lowest BCUT2D eigenvalue weighted by Gasteiger charge is -2.38. The van der Waals surface area contributed by atoms with Crippen LogP contribution in [0.1, 0.15) is 84.9 Å². The molecule has 0 spiro atoms. The molecule has 49 heavy (non-hydrogen) atoms. The number of pyridine rings is 1. The van der Waals surface area contributed by atoms with Crippen LogP contribution in [-0.4, -0.2) is 87.3 Å². The number of benzene rings is 1. The van der Waals surface area contributed by atoms with Crippen molar-refractivity contribution in [2.45, 2.75) is 75.9 Å². The molecule has 7 rings (SSSR count). The van der Waals surface area contributed by atoms with Gasteiger partial charge in [0.25, 0.3) is 5.91 Å². The summed E-state index contributed by atoms with van der Waals surface area (Å²) in [6.07, 6.45) is 11.0. The molecule has 3 amide bonds. The molecule has 3 fully saturated rings. The summed E-state index contributed by atoms with van der Waals surface area (Å²) >= 11 is 0. The molecule has 1 aliphatic carbocycles. The van der Waals surface area contributed by atoms with Gasteiger partial charge in [0.05, 0.1) is 17.8 Å². The topological polar surface area (TPSA) is 129 Å². The van der Waals surface area contributed by atoms with Crippen LogP contribution in [0.5, 0.6) is 0 Å². The minimum Gasteiger partial charge on any atom is -0.370 e. The van der Waals surface area contributed by atoms with Crippen LogP contribution in [0.2, 0.25) is 0 Å².